The number of alkyl halides is 3. The maximum Gasteiger partial charge on any atom is 0.417 e. The fourth-order valence-corrected chi connectivity index (χ4v) is 4.30. The second-order valence-electron chi connectivity index (χ2n) is 9.66. The van der Waals surface area contributed by atoms with E-state index >= 15 is 0 Å². The van der Waals surface area contributed by atoms with E-state index in [1.165, 1.54) is 13.0 Å². The zero-order valence-electron chi connectivity index (χ0n) is 25.2. The second kappa shape index (κ2) is 18.4. The van der Waals surface area contributed by atoms with Crippen LogP contribution >= 0.6 is 11.6 Å². The lowest BCUT2D eigenvalue weighted by Gasteiger charge is -2.32. The van der Waals surface area contributed by atoms with Gasteiger partial charge in [-0.15, -0.1) is 0 Å². The minimum absolute atomic E-state index is 0.0792. The fraction of sp³-hybridized carbons (Fsp3) is 0.500. The first-order valence-electron chi connectivity index (χ1n) is 13.4. The smallest absolute Gasteiger partial charge is 0.417 e. The molecule has 14 nitrogen and oxygen atoms in total. The third kappa shape index (κ3) is 11.3. The van der Waals surface area contributed by atoms with Crippen molar-refractivity contribution in [1.82, 2.24) is 5.32 Å². The molecular weight excluding hydrogens is 649 g/mol. The van der Waals surface area contributed by atoms with Crippen LogP contribution in [0.15, 0.2) is 40.7 Å². The number of hydrogen-bond acceptors (Lipinski definition) is 12. The molecule has 0 aromatic heterocycles. The van der Waals surface area contributed by atoms with Gasteiger partial charge in [-0.25, -0.2) is 19.2 Å². The molecule has 7 N–H and O–H groups in total. The summed E-state index contributed by atoms with van der Waals surface area (Å²) in [6.07, 6.45) is -9.85. The SMILES string of the molecule is COC(=O)C1=C(C)NC(COCCOCCN)=C(C(=O)OC(C)C)[C@@H]1c1cccc(C(F)(F)F)c1Cl.O=C(O)C(O)C(O)C(=O)O. The summed E-state index contributed by atoms with van der Waals surface area (Å²) in [7, 11) is 1.13. The number of halogens is 4. The van der Waals surface area contributed by atoms with Crippen LogP contribution in [0.25, 0.3) is 0 Å². The molecule has 2 rings (SSSR count). The van der Waals surface area contributed by atoms with Gasteiger partial charge < -0.3 is 50.4 Å². The number of esters is 2. The Kier molecular flexibility index (Phi) is 16.1. The molecule has 18 heteroatoms. The third-order valence-electron chi connectivity index (χ3n) is 5.94. The number of dihydropyridines is 1. The number of nitrogens with one attached hydrogen (secondary N) is 1. The van der Waals surface area contributed by atoms with Gasteiger partial charge in [0.1, 0.15) is 0 Å². The van der Waals surface area contributed by atoms with Gasteiger partial charge >= 0.3 is 30.1 Å². The van der Waals surface area contributed by atoms with E-state index in [1.54, 1.807) is 13.8 Å². The first kappa shape index (κ1) is 40.3. The average Bonchev–Trinajstić information content (AvgIpc) is 2.96. The minimum atomic E-state index is -4.76. The highest BCUT2D eigenvalue weighted by molar-refractivity contribution is 6.32. The van der Waals surface area contributed by atoms with Gasteiger partial charge in [0, 0.05) is 12.2 Å². The van der Waals surface area contributed by atoms with Gasteiger partial charge in [0.15, 0.2) is 12.2 Å². The number of carbonyl (C=O) groups excluding carboxylic acids is 2. The number of rotatable bonds is 14. The number of ether oxygens (including phenoxy) is 4. The van der Waals surface area contributed by atoms with E-state index in [0.717, 1.165) is 19.2 Å². The number of methoxy groups -OCH3 is 1. The second-order valence-corrected chi connectivity index (χ2v) is 10.0. The molecule has 1 heterocycles. The first-order valence-corrected chi connectivity index (χ1v) is 13.8. The largest absolute Gasteiger partial charge is 0.479 e. The van der Waals surface area contributed by atoms with Crippen molar-refractivity contribution in [3.05, 3.63) is 56.9 Å². The van der Waals surface area contributed by atoms with E-state index in [9.17, 15) is 32.3 Å². The Labute approximate surface area is 266 Å². The molecule has 1 aliphatic rings. The fourth-order valence-electron chi connectivity index (χ4n) is 3.96. The summed E-state index contributed by atoms with van der Waals surface area (Å²) in [6.45, 7) is 5.71. The number of carboxylic acid groups (broad SMARTS) is 2. The van der Waals surface area contributed by atoms with Gasteiger partial charge in [-0.2, -0.15) is 13.2 Å². The molecule has 0 saturated carbocycles. The topological polar surface area (TPSA) is 224 Å². The van der Waals surface area contributed by atoms with Crippen molar-refractivity contribution in [2.24, 2.45) is 5.73 Å². The summed E-state index contributed by atoms with van der Waals surface area (Å²) >= 11 is 6.24. The number of carbonyl (C=O) groups is 4. The molecule has 1 aromatic carbocycles. The number of nitrogens with two attached hydrogens (primary N) is 1. The van der Waals surface area contributed by atoms with Gasteiger partial charge in [-0.05, 0) is 32.4 Å². The molecule has 46 heavy (non-hydrogen) atoms. The third-order valence-corrected chi connectivity index (χ3v) is 6.37. The zero-order valence-corrected chi connectivity index (χ0v) is 26.0. The lowest BCUT2D eigenvalue weighted by molar-refractivity contribution is -0.165. The summed E-state index contributed by atoms with van der Waals surface area (Å²) in [6, 6.07) is 3.31. The Hall–Kier alpha value is -3.74. The van der Waals surface area contributed by atoms with Crippen molar-refractivity contribution in [3.8, 4) is 0 Å². The van der Waals surface area contributed by atoms with Crippen LogP contribution in [0, 0.1) is 0 Å². The highest BCUT2D eigenvalue weighted by Gasteiger charge is 2.42. The van der Waals surface area contributed by atoms with Crippen LogP contribution in [0.2, 0.25) is 5.02 Å². The van der Waals surface area contributed by atoms with Crippen molar-refractivity contribution in [2.45, 2.75) is 51.2 Å². The molecule has 0 spiro atoms. The predicted molar refractivity (Wildman–Crippen MR) is 153 cm³/mol. The molecule has 0 amide bonds. The van der Waals surface area contributed by atoms with Crippen molar-refractivity contribution >= 4 is 35.5 Å². The van der Waals surface area contributed by atoms with Crippen molar-refractivity contribution < 1.29 is 71.7 Å². The van der Waals surface area contributed by atoms with Crippen LogP contribution in [-0.2, 0) is 44.3 Å². The summed E-state index contributed by atoms with van der Waals surface area (Å²) in [5, 5.41) is 34.8. The summed E-state index contributed by atoms with van der Waals surface area (Å²) < 4.78 is 62.1. The quantitative estimate of drug-likeness (QED) is 0.121. The highest BCUT2D eigenvalue weighted by Crippen LogP contribution is 2.45. The van der Waals surface area contributed by atoms with Crippen molar-refractivity contribution in [2.75, 3.05) is 40.1 Å². The predicted octanol–water partition coefficient (Wildman–Crippen LogP) is 1.57. The van der Waals surface area contributed by atoms with Crippen LogP contribution in [0.4, 0.5) is 13.2 Å². The Morgan fingerprint density at radius 1 is 0.978 bits per heavy atom. The average molecular weight is 685 g/mol. The van der Waals surface area contributed by atoms with E-state index in [0.29, 0.717) is 13.2 Å². The number of aliphatic hydroxyl groups is 2. The molecule has 0 bridgehead atoms. The van der Waals surface area contributed by atoms with Crippen LogP contribution in [0.5, 0.6) is 0 Å². The Morgan fingerprint density at radius 2 is 1.54 bits per heavy atom. The molecule has 2 unspecified atom stereocenters. The highest BCUT2D eigenvalue weighted by atomic mass is 35.5. The molecule has 0 fully saturated rings. The molecule has 0 radical (unpaired) electrons. The Balaban J connectivity index is 0.000000908. The number of allylic oxidation sites excluding steroid dienone is 1. The van der Waals surface area contributed by atoms with Gasteiger partial charge in [-0.3, -0.25) is 0 Å². The maximum atomic E-state index is 13.6. The van der Waals surface area contributed by atoms with E-state index in [-0.39, 0.29) is 47.9 Å². The van der Waals surface area contributed by atoms with Crippen LogP contribution in [0.1, 0.15) is 37.8 Å². The Bertz CT molecular complexity index is 1300. The first-order chi connectivity index (χ1) is 21.4. The van der Waals surface area contributed by atoms with Crippen LogP contribution in [0.3, 0.4) is 0 Å². The van der Waals surface area contributed by atoms with Gasteiger partial charge in [0.25, 0.3) is 0 Å². The van der Waals surface area contributed by atoms with Crippen molar-refractivity contribution in [3.63, 3.8) is 0 Å². The lowest BCUT2D eigenvalue weighted by Crippen LogP contribution is -2.39. The normalized spacial score (nSPS) is 16.2. The zero-order chi connectivity index (χ0) is 35.4. The maximum absolute atomic E-state index is 13.6. The molecule has 0 saturated heterocycles. The summed E-state index contributed by atoms with van der Waals surface area (Å²) in [5.41, 5.74) is 4.45. The molecule has 0 aliphatic carbocycles. The van der Waals surface area contributed by atoms with Crippen LogP contribution < -0.4 is 11.1 Å². The monoisotopic (exact) mass is 684 g/mol. The minimum Gasteiger partial charge on any atom is -0.479 e. The van der Waals surface area contributed by atoms with E-state index in [4.69, 9.17) is 56.7 Å². The molecule has 3 atom stereocenters. The number of benzene rings is 1. The molecule has 1 aromatic rings. The van der Waals surface area contributed by atoms with Crippen LogP contribution in [-0.4, -0.2) is 103 Å². The number of aliphatic carboxylic acids is 2. The number of aliphatic hydroxyl groups excluding tert-OH is 2. The molecule has 1 aliphatic heterocycles. The van der Waals surface area contributed by atoms with Gasteiger partial charge in [0.2, 0.25) is 0 Å². The van der Waals surface area contributed by atoms with E-state index < -0.39 is 64.9 Å². The lowest BCUT2D eigenvalue weighted by atomic mass is 9.79. The summed E-state index contributed by atoms with van der Waals surface area (Å²) in [4.78, 5) is 45.6. The Morgan fingerprint density at radius 3 is 2.02 bits per heavy atom. The van der Waals surface area contributed by atoms with E-state index in [2.05, 4.69) is 5.32 Å². The molecule has 258 valence electrons. The van der Waals surface area contributed by atoms with Gasteiger partial charge in [-0.1, -0.05) is 23.7 Å². The number of carboxylic acids is 2. The van der Waals surface area contributed by atoms with Gasteiger partial charge in [0.05, 0.1) is 73.0 Å². The van der Waals surface area contributed by atoms with Crippen molar-refractivity contribution in [1.29, 1.82) is 0 Å². The number of hydrogen-bond donors (Lipinski definition) is 6. The summed E-state index contributed by atoms with van der Waals surface area (Å²) in [5.74, 6) is -6.54. The van der Waals surface area contributed by atoms with E-state index in [1.807, 2.05) is 0 Å². The standard InChI is InChI=1S/C24H30ClF3N2O6.C4H6O6/c1-13(2)36-23(32)20-17(12-35-11-10-34-9-8-29)30-14(3)18(22(31)33-4)19(20)15-6-5-7-16(21(15)25)24(26,27)28;5-1(3(7)8)2(6)4(9)10/h5-7,13,19,30H,8-12,29H2,1-4H3;1-2,5-6H,(H,7,8)(H,9,10)/t19-;/m1./s1. The molecular formula is C28H36ClF3N2O12.